The van der Waals surface area contributed by atoms with Crippen LogP contribution in [0.3, 0.4) is 0 Å². The number of aliphatic carboxylic acids is 1. The molecule has 116 valence electrons. The van der Waals surface area contributed by atoms with Crippen LogP contribution in [0.2, 0.25) is 0 Å². The Morgan fingerprint density at radius 3 is 2.86 bits per heavy atom. The molecule has 1 aliphatic heterocycles. The van der Waals surface area contributed by atoms with Gasteiger partial charge in [-0.3, -0.25) is 4.79 Å². The minimum atomic E-state index is -3.58. The fourth-order valence-electron chi connectivity index (χ4n) is 2.25. The first kappa shape index (κ1) is 15.9. The van der Waals surface area contributed by atoms with Gasteiger partial charge in [-0.15, -0.1) is 11.3 Å². The van der Waals surface area contributed by atoms with Crippen LogP contribution in [0.1, 0.15) is 19.3 Å². The highest BCUT2D eigenvalue weighted by atomic mass is 32.2. The van der Waals surface area contributed by atoms with Gasteiger partial charge in [0.05, 0.1) is 0 Å². The molecule has 0 aromatic carbocycles. The number of carboxylic acid groups (broad SMARTS) is 1. The Hall–Kier alpha value is -1.45. The van der Waals surface area contributed by atoms with E-state index in [2.05, 4.69) is 4.72 Å². The number of rotatable bonds is 6. The van der Waals surface area contributed by atoms with E-state index in [1.54, 1.807) is 11.4 Å². The van der Waals surface area contributed by atoms with Gasteiger partial charge in [-0.2, -0.15) is 0 Å². The van der Waals surface area contributed by atoms with E-state index < -0.39 is 22.0 Å². The molecule has 0 saturated carbocycles. The molecule has 0 radical (unpaired) electrons. The molecule has 1 amide bonds. The molecule has 1 fully saturated rings. The summed E-state index contributed by atoms with van der Waals surface area (Å²) >= 11 is 1.09. The number of hydrogen-bond acceptors (Lipinski definition) is 5. The lowest BCUT2D eigenvalue weighted by Crippen LogP contribution is -2.41. The van der Waals surface area contributed by atoms with Gasteiger partial charge in [0.1, 0.15) is 10.3 Å². The normalized spacial score (nSPS) is 18.9. The zero-order chi connectivity index (χ0) is 15.5. The largest absolute Gasteiger partial charge is 0.480 e. The Labute approximate surface area is 126 Å². The highest BCUT2D eigenvalue weighted by molar-refractivity contribution is 7.91. The van der Waals surface area contributed by atoms with Crippen LogP contribution in [-0.4, -0.2) is 49.4 Å². The van der Waals surface area contributed by atoms with Gasteiger partial charge >= 0.3 is 5.97 Å². The predicted octanol–water partition coefficient (Wildman–Crippen LogP) is 0.492. The third kappa shape index (κ3) is 3.80. The number of nitrogens with one attached hydrogen (secondary N) is 1. The Morgan fingerprint density at radius 1 is 1.48 bits per heavy atom. The van der Waals surface area contributed by atoms with Gasteiger partial charge in [-0.25, -0.2) is 17.9 Å². The van der Waals surface area contributed by atoms with Crippen LogP contribution in [0.4, 0.5) is 0 Å². The van der Waals surface area contributed by atoms with E-state index in [0.717, 1.165) is 11.3 Å². The van der Waals surface area contributed by atoms with Gasteiger partial charge in [0.2, 0.25) is 15.9 Å². The molecule has 2 rings (SSSR count). The number of nitrogens with zero attached hydrogens (tertiary/aromatic N) is 1. The summed E-state index contributed by atoms with van der Waals surface area (Å²) in [6, 6.07) is 2.33. The summed E-state index contributed by atoms with van der Waals surface area (Å²) in [4.78, 5) is 24.3. The van der Waals surface area contributed by atoms with Crippen molar-refractivity contribution in [2.24, 2.45) is 0 Å². The van der Waals surface area contributed by atoms with Gasteiger partial charge < -0.3 is 10.0 Å². The van der Waals surface area contributed by atoms with Crippen LogP contribution in [-0.2, 0) is 19.6 Å². The summed E-state index contributed by atoms with van der Waals surface area (Å²) in [6.45, 7) is 0.370. The van der Waals surface area contributed by atoms with Gasteiger partial charge in [0.15, 0.2) is 0 Å². The summed E-state index contributed by atoms with van der Waals surface area (Å²) in [7, 11) is -3.58. The van der Waals surface area contributed by atoms with E-state index >= 15 is 0 Å². The van der Waals surface area contributed by atoms with Crippen molar-refractivity contribution < 1.29 is 23.1 Å². The molecule has 1 aromatic rings. The summed E-state index contributed by atoms with van der Waals surface area (Å²) in [5.41, 5.74) is 0. The Morgan fingerprint density at radius 2 is 2.24 bits per heavy atom. The monoisotopic (exact) mass is 332 g/mol. The molecular formula is C12H16N2O5S2. The lowest BCUT2D eigenvalue weighted by molar-refractivity contribution is -0.148. The molecule has 7 nitrogen and oxygen atoms in total. The van der Waals surface area contributed by atoms with Gasteiger partial charge in [0.25, 0.3) is 0 Å². The van der Waals surface area contributed by atoms with Crippen LogP contribution < -0.4 is 4.72 Å². The maximum Gasteiger partial charge on any atom is 0.326 e. The van der Waals surface area contributed by atoms with E-state index in [9.17, 15) is 18.0 Å². The molecule has 0 spiro atoms. The maximum atomic E-state index is 12.0. The molecule has 1 aromatic heterocycles. The van der Waals surface area contributed by atoms with Crippen molar-refractivity contribution in [2.45, 2.75) is 29.5 Å². The zero-order valence-electron chi connectivity index (χ0n) is 11.2. The quantitative estimate of drug-likeness (QED) is 0.789. The number of thiophene rings is 1. The van der Waals surface area contributed by atoms with E-state index in [4.69, 9.17) is 5.11 Å². The first-order valence-electron chi connectivity index (χ1n) is 6.47. The predicted molar refractivity (Wildman–Crippen MR) is 76.5 cm³/mol. The second-order valence-corrected chi connectivity index (χ2v) is 7.60. The fourth-order valence-corrected chi connectivity index (χ4v) is 4.31. The van der Waals surface area contributed by atoms with E-state index in [1.807, 2.05) is 0 Å². The lowest BCUT2D eigenvalue weighted by Gasteiger charge is -2.21. The number of sulfonamides is 1. The Kier molecular flexibility index (Phi) is 4.96. The van der Waals surface area contributed by atoms with Crippen molar-refractivity contribution in [1.82, 2.24) is 9.62 Å². The van der Waals surface area contributed by atoms with Crippen LogP contribution >= 0.6 is 11.3 Å². The number of hydrogen-bond donors (Lipinski definition) is 2. The molecule has 1 atom stereocenters. The smallest absolute Gasteiger partial charge is 0.326 e. The second-order valence-electron chi connectivity index (χ2n) is 4.66. The number of carbonyl (C=O) groups is 2. The lowest BCUT2D eigenvalue weighted by atomic mass is 10.2. The maximum absolute atomic E-state index is 12.0. The summed E-state index contributed by atoms with van der Waals surface area (Å²) in [6.07, 6.45) is 1.06. The van der Waals surface area contributed by atoms with Crippen molar-refractivity contribution in [3.63, 3.8) is 0 Å². The van der Waals surface area contributed by atoms with Gasteiger partial charge in [-0.05, 0) is 24.3 Å². The Balaban J connectivity index is 1.86. The van der Waals surface area contributed by atoms with Crippen molar-refractivity contribution >= 4 is 33.2 Å². The minimum absolute atomic E-state index is 0.0398. The first-order chi connectivity index (χ1) is 9.92. The molecule has 0 aliphatic carbocycles. The van der Waals surface area contributed by atoms with Crippen molar-refractivity contribution in [3.05, 3.63) is 17.5 Å². The number of carbonyl (C=O) groups excluding carboxylic acids is 1. The molecule has 1 unspecified atom stereocenters. The van der Waals surface area contributed by atoms with Crippen LogP contribution in [0.15, 0.2) is 21.7 Å². The van der Waals surface area contributed by atoms with Crippen LogP contribution in [0.5, 0.6) is 0 Å². The molecule has 1 saturated heterocycles. The molecule has 2 N–H and O–H groups in total. The highest BCUT2D eigenvalue weighted by Gasteiger charge is 2.33. The van der Waals surface area contributed by atoms with E-state index in [-0.39, 0.29) is 23.1 Å². The summed E-state index contributed by atoms with van der Waals surface area (Å²) in [5.74, 6) is -1.35. The second kappa shape index (κ2) is 6.54. The number of carboxylic acids is 1. The van der Waals surface area contributed by atoms with Crippen LogP contribution in [0.25, 0.3) is 0 Å². The zero-order valence-corrected chi connectivity index (χ0v) is 12.8. The topological polar surface area (TPSA) is 104 Å². The minimum Gasteiger partial charge on any atom is -0.480 e. The van der Waals surface area contributed by atoms with Crippen molar-refractivity contribution in [3.8, 4) is 0 Å². The summed E-state index contributed by atoms with van der Waals surface area (Å²) < 4.78 is 26.2. The molecule has 0 bridgehead atoms. The first-order valence-corrected chi connectivity index (χ1v) is 8.83. The number of amides is 1. The van der Waals surface area contributed by atoms with E-state index in [1.165, 1.54) is 11.0 Å². The molecule has 1 aliphatic rings. The molecular weight excluding hydrogens is 316 g/mol. The summed E-state index contributed by atoms with van der Waals surface area (Å²) in [5, 5.41) is 10.7. The third-order valence-corrected chi connectivity index (χ3v) is 6.11. The molecule has 21 heavy (non-hydrogen) atoms. The fraction of sp³-hybridized carbons (Fsp3) is 0.500. The SMILES string of the molecule is O=C(O)C1CCCN1C(=O)CCNS(=O)(=O)c1cccs1. The van der Waals surface area contributed by atoms with Gasteiger partial charge in [-0.1, -0.05) is 6.07 Å². The molecule has 9 heteroatoms. The van der Waals surface area contributed by atoms with E-state index in [0.29, 0.717) is 19.4 Å². The van der Waals surface area contributed by atoms with Crippen molar-refractivity contribution in [1.29, 1.82) is 0 Å². The standard InChI is InChI=1S/C12H16N2O5S2/c15-10(14-7-1-3-9(14)12(16)17)5-6-13-21(18,19)11-4-2-8-20-11/h2,4,8-9,13H,1,3,5-7H2,(H,16,17). The van der Waals surface area contributed by atoms with Crippen LogP contribution in [0, 0.1) is 0 Å². The highest BCUT2D eigenvalue weighted by Crippen LogP contribution is 2.18. The number of likely N-dealkylation sites (tertiary alicyclic amines) is 1. The Bertz CT molecular complexity index is 612. The van der Waals surface area contributed by atoms with Gasteiger partial charge in [0, 0.05) is 19.5 Å². The molecule has 2 heterocycles. The average Bonchev–Trinajstić information content (AvgIpc) is 3.10. The third-order valence-electron chi connectivity index (χ3n) is 3.25. The average molecular weight is 332 g/mol. The van der Waals surface area contributed by atoms with Crippen molar-refractivity contribution in [2.75, 3.05) is 13.1 Å².